The van der Waals surface area contributed by atoms with Gasteiger partial charge in [-0.2, -0.15) is 0 Å². The highest BCUT2D eigenvalue weighted by Gasteiger charge is 2.20. The zero-order chi connectivity index (χ0) is 15.1. The van der Waals surface area contributed by atoms with Gasteiger partial charge < -0.3 is 9.88 Å². The lowest BCUT2D eigenvalue weighted by molar-refractivity contribution is 0.0956. The highest BCUT2D eigenvalue weighted by Crippen LogP contribution is 2.31. The average molecular weight is 290 g/mol. The molecule has 0 saturated carbocycles. The van der Waals surface area contributed by atoms with Crippen LogP contribution in [0.25, 0.3) is 22.2 Å². The third-order valence-electron chi connectivity index (χ3n) is 4.13. The van der Waals surface area contributed by atoms with Gasteiger partial charge in [0.1, 0.15) is 6.29 Å². The molecule has 2 heterocycles. The SMILES string of the molecule is O=Cc1ccc(-c2cc3cccc4c3n2CCNC4=O)cc1. The van der Waals surface area contributed by atoms with Gasteiger partial charge in [0.05, 0.1) is 11.1 Å². The van der Waals surface area contributed by atoms with E-state index in [0.29, 0.717) is 17.7 Å². The molecule has 1 aliphatic rings. The summed E-state index contributed by atoms with van der Waals surface area (Å²) in [4.78, 5) is 23.0. The Kier molecular flexibility index (Phi) is 2.82. The number of rotatable bonds is 2. The lowest BCUT2D eigenvalue weighted by atomic mass is 10.1. The van der Waals surface area contributed by atoms with Crippen LogP contribution in [0.3, 0.4) is 0 Å². The molecule has 0 bridgehead atoms. The Labute approximate surface area is 127 Å². The highest BCUT2D eigenvalue weighted by molar-refractivity contribution is 6.07. The van der Waals surface area contributed by atoms with Crippen LogP contribution in [0, 0.1) is 0 Å². The van der Waals surface area contributed by atoms with E-state index in [1.54, 1.807) is 0 Å². The summed E-state index contributed by atoms with van der Waals surface area (Å²) in [5.41, 5.74) is 4.46. The maximum atomic E-state index is 12.2. The fraction of sp³-hybridized carbons (Fsp3) is 0.111. The van der Waals surface area contributed by atoms with Crippen LogP contribution in [0.5, 0.6) is 0 Å². The first-order valence-electron chi connectivity index (χ1n) is 7.24. The van der Waals surface area contributed by atoms with Crippen molar-refractivity contribution in [1.29, 1.82) is 0 Å². The highest BCUT2D eigenvalue weighted by atomic mass is 16.1. The lowest BCUT2D eigenvalue weighted by Crippen LogP contribution is -2.24. The third-order valence-corrected chi connectivity index (χ3v) is 4.13. The zero-order valence-corrected chi connectivity index (χ0v) is 11.9. The normalized spacial score (nSPS) is 13.7. The minimum absolute atomic E-state index is 0.0229. The van der Waals surface area contributed by atoms with E-state index in [0.717, 1.165) is 35.0 Å². The van der Waals surface area contributed by atoms with E-state index in [2.05, 4.69) is 16.0 Å². The molecular weight excluding hydrogens is 276 g/mol. The summed E-state index contributed by atoms with van der Waals surface area (Å²) in [5.74, 6) is -0.0229. The summed E-state index contributed by atoms with van der Waals surface area (Å²) >= 11 is 0. The quantitative estimate of drug-likeness (QED) is 0.738. The molecule has 1 amide bonds. The Hall–Kier alpha value is -2.88. The monoisotopic (exact) mass is 290 g/mol. The van der Waals surface area contributed by atoms with Crippen molar-refractivity contribution in [3.8, 4) is 11.3 Å². The maximum Gasteiger partial charge on any atom is 0.253 e. The van der Waals surface area contributed by atoms with E-state index < -0.39 is 0 Å². The van der Waals surface area contributed by atoms with Crippen LogP contribution < -0.4 is 5.32 Å². The third kappa shape index (κ3) is 1.84. The summed E-state index contributed by atoms with van der Waals surface area (Å²) in [6, 6.07) is 15.4. The molecule has 1 N–H and O–H groups in total. The molecule has 0 fully saturated rings. The van der Waals surface area contributed by atoms with Crippen molar-refractivity contribution < 1.29 is 9.59 Å². The molecule has 22 heavy (non-hydrogen) atoms. The van der Waals surface area contributed by atoms with Crippen LogP contribution in [0.1, 0.15) is 20.7 Å². The van der Waals surface area contributed by atoms with E-state index >= 15 is 0 Å². The standard InChI is InChI=1S/C18H14N2O2/c21-11-12-4-6-13(7-5-12)16-10-14-2-1-3-15-17(14)20(16)9-8-19-18(15)22/h1-7,10-11H,8-9H2,(H,19,22). The van der Waals surface area contributed by atoms with Gasteiger partial charge in [-0.05, 0) is 17.7 Å². The molecule has 3 aromatic rings. The van der Waals surface area contributed by atoms with E-state index in [4.69, 9.17) is 0 Å². The smallest absolute Gasteiger partial charge is 0.253 e. The number of aldehydes is 1. The molecule has 1 aromatic heterocycles. The van der Waals surface area contributed by atoms with E-state index in [1.165, 1.54) is 0 Å². The van der Waals surface area contributed by atoms with Gasteiger partial charge >= 0.3 is 0 Å². The molecule has 0 radical (unpaired) electrons. The largest absolute Gasteiger partial charge is 0.350 e. The second-order valence-corrected chi connectivity index (χ2v) is 5.42. The molecule has 4 heteroatoms. The molecule has 0 atom stereocenters. The van der Waals surface area contributed by atoms with Crippen molar-refractivity contribution in [2.24, 2.45) is 0 Å². The summed E-state index contributed by atoms with van der Waals surface area (Å²) < 4.78 is 2.18. The average Bonchev–Trinajstić information content (AvgIpc) is 2.84. The fourth-order valence-corrected chi connectivity index (χ4v) is 3.09. The molecule has 0 aliphatic carbocycles. The number of hydrogen-bond donors (Lipinski definition) is 1. The number of carbonyl (C=O) groups is 2. The Morgan fingerprint density at radius 1 is 1.09 bits per heavy atom. The second-order valence-electron chi connectivity index (χ2n) is 5.42. The van der Waals surface area contributed by atoms with Crippen molar-refractivity contribution in [3.05, 3.63) is 59.7 Å². The molecule has 2 aromatic carbocycles. The van der Waals surface area contributed by atoms with Crippen LogP contribution in [-0.2, 0) is 6.54 Å². The predicted octanol–water partition coefficient (Wildman–Crippen LogP) is 2.86. The molecule has 0 spiro atoms. The van der Waals surface area contributed by atoms with Gasteiger partial charge in [0.2, 0.25) is 0 Å². The van der Waals surface area contributed by atoms with Crippen molar-refractivity contribution in [2.45, 2.75) is 6.54 Å². The summed E-state index contributed by atoms with van der Waals surface area (Å²) in [6.07, 6.45) is 0.841. The number of benzene rings is 2. The number of amides is 1. The molecule has 1 aliphatic heterocycles. The van der Waals surface area contributed by atoms with Crippen molar-refractivity contribution in [1.82, 2.24) is 9.88 Å². The van der Waals surface area contributed by atoms with Gasteiger partial charge in [-0.3, -0.25) is 9.59 Å². The Morgan fingerprint density at radius 2 is 1.91 bits per heavy atom. The van der Waals surface area contributed by atoms with Crippen LogP contribution in [0.4, 0.5) is 0 Å². The van der Waals surface area contributed by atoms with Gasteiger partial charge in [-0.1, -0.05) is 36.4 Å². The first kappa shape index (κ1) is 12.8. The number of aromatic nitrogens is 1. The van der Waals surface area contributed by atoms with Crippen LogP contribution >= 0.6 is 0 Å². The number of para-hydroxylation sites is 1. The summed E-state index contributed by atoms with van der Waals surface area (Å²) in [5, 5.41) is 3.99. The van der Waals surface area contributed by atoms with Crippen LogP contribution in [0.15, 0.2) is 48.5 Å². The molecule has 4 nitrogen and oxygen atoms in total. The van der Waals surface area contributed by atoms with Gasteiger partial charge in [0.25, 0.3) is 5.91 Å². The molecular formula is C18H14N2O2. The van der Waals surface area contributed by atoms with Crippen molar-refractivity contribution >= 4 is 23.1 Å². The zero-order valence-electron chi connectivity index (χ0n) is 11.9. The number of nitrogens with zero attached hydrogens (tertiary/aromatic N) is 1. The van der Waals surface area contributed by atoms with E-state index in [-0.39, 0.29) is 5.91 Å². The Balaban J connectivity index is 1.98. The minimum atomic E-state index is -0.0229. The van der Waals surface area contributed by atoms with Crippen LogP contribution in [0.2, 0.25) is 0 Å². The number of nitrogens with one attached hydrogen (secondary N) is 1. The van der Waals surface area contributed by atoms with Gasteiger partial charge in [-0.15, -0.1) is 0 Å². The number of carbonyl (C=O) groups excluding carboxylic acids is 2. The van der Waals surface area contributed by atoms with Gasteiger partial charge in [0, 0.05) is 29.7 Å². The topological polar surface area (TPSA) is 51.1 Å². The van der Waals surface area contributed by atoms with Crippen LogP contribution in [-0.4, -0.2) is 23.3 Å². The Morgan fingerprint density at radius 3 is 2.68 bits per heavy atom. The minimum Gasteiger partial charge on any atom is -0.350 e. The van der Waals surface area contributed by atoms with Gasteiger partial charge in [-0.25, -0.2) is 0 Å². The fourth-order valence-electron chi connectivity index (χ4n) is 3.09. The van der Waals surface area contributed by atoms with Crippen molar-refractivity contribution in [2.75, 3.05) is 6.54 Å². The summed E-state index contributed by atoms with van der Waals surface area (Å²) in [6.45, 7) is 1.34. The van der Waals surface area contributed by atoms with Gasteiger partial charge in [0.15, 0.2) is 0 Å². The molecule has 108 valence electrons. The van der Waals surface area contributed by atoms with Crippen molar-refractivity contribution in [3.63, 3.8) is 0 Å². The Bertz CT molecular complexity index is 891. The maximum absolute atomic E-state index is 12.2. The molecule has 0 unspecified atom stereocenters. The van der Waals surface area contributed by atoms with E-state index in [1.807, 2.05) is 42.5 Å². The lowest BCUT2D eigenvalue weighted by Gasteiger charge is -2.09. The predicted molar refractivity (Wildman–Crippen MR) is 85.1 cm³/mol. The second kappa shape index (κ2) is 4.84. The summed E-state index contributed by atoms with van der Waals surface area (Å²) in [7, 11) is 0. The first-order valence-corrected chi connectivity index (χ1v) is 7.24. The molecule has 4 rings (SSSR count). The van der Waals surface area contributed by atoms with E-state index in [9.17, 15) is 9.59 Å². The number of hydrogen-bond acceptors (Lipinski definition) is 2. The molecule has 0 saturated heterocycles. The first-order chi connectivity index (χ1) is 10.8.